The first-order valence-electron chi connectivity index (χ1n) is 10.6. The van der Waals surface area contributed by atoms with Gasteiger partial charge in [-0.3, -0.25) is 18.7 Å². The van der Waals surface area contributed by atoms with Gasteiger partial charge in [-0.25, -0.2) is 4.79 Å². The van der Waals surface area contributed by atoms with Gasteiger partial charge in [-0.15, -0.1) is 0 Å². The number of aliphatic carboxylic acids is 1. The first-order chi connectivity index (χ1) is 15.4. The molecule has 7 nitrogen and oxygen atoms in total. The highest BCUT2D eigenvalue weighted by atomic mass is 16.4. The van der Waals surface area contributed by atoms with Gasteiger partial charge < -0.3 is 10.1 Å². The first kappa shape index (κ1) is 21.4. The fraction of sp³-hybridized carbons (Fsp3) is 0.240. The molecule has 0 bridgehead atoms. The number of hydrogen-bond acceptors (Lipinski definition) is 3. The Labute approximate surface area is 184 Å². The van der Waals surface area contributed by atoms with Crippen molar-refractivity contribution in [1.29, 1.82) is 0 Å². The zero-order valence-electron chi connectivity index (χ0n) is 18.0. The molecule has 0 fully saturated rings. The first-order valence-corrected chi connectivity index (χ1v) is 10.6. The van der Waals surface area contributed by atoms with E-state index in [0.29, 0.717) is 16.5 Å². The van der Waals surface area contributed by atoms with Crippen LogP contribution in [0.15, 0.2) is 64.3 Å². The Hall–Kier alpha value is -3.87. The highest BCUT2D eigenvalue weighted by Crippen LogP contribution is 2.21. The number of carbonyl (C=O) groups is 1. The number of H-pyrrole nitrogens is 1. The molecule has 0 aliphatic rings. The number of nitrogens with one attached hydrogen (secondary N) is 1. The predicted octanol–water partition coefficient (Wildman–Crippen LogP) is 3.84. The van der Waals surface area contributed by atoms with Crippen LogP contribution in [0, 0.1) is 5.92 Å². The highest BCUT2D eigenvalue weighted by Gasteiger charge is 2.17. The Bertz CT molecular complexity index is 1450. The second-order valence-corrected chi connectivity index (χ2v) is 8.17. The van der Waals surface area contributed by atoms with Crippen LogP contribution in [0.1, 0.15) is 31.4 Å². The van der Waals surface area contributed by atoms with Crippen LogP contribution < -0.4 is 11.2 Å². The van der Waals surface area contributed by atoms with Crippen LogP contribution in [0.25, 0.3) is 27.9 Å². The monoisotopic (exact) mass is 431 g/mol. The lowest BCUT2D eigenvalue weighted by atomic mass is 10.1. The van der Waals surface area contributed by atoms with Gasteiger partial charge in [-0.2, -0.15) is 0 Å². The van der Waals surface area contributed by atoms with Gasteiger partial charge in [0.15, 0.2) is 0 Å². The summed E-state index contributed by atoms with van der Waals surface area (Å²) >= 11 is 0. The quantitative estimate of drug-likeness (QED) is 0.465. The molecule has 0 atom stereocenters. The van der Waals surface area contributed by atoms with Gasteiger partial charge in [0.25, 0.3) is 5.56 Å². The van der Waals surface area contributed by atoms with E-state index in [0.717, 1.165) is 21.0 Å². The number of carboxylic acid groups (broad SMARTS) is 1. The Morgan fingerprint density at radius 2 is 1.88 bits per heavy atom. The minimum atomic E-state index is -1.06. The van der Waals surface area contributed by atoms with E-state index >= 15 is 0 Å². The van der Waals surface area contributed by atoms with Crippen molar-refractivity contribution < 1.29 is 9.90 Å². The fourth-order valence-corrected chi connectivity index (χ4v) is 3.91. The van der Waals surface area contributed by atoms with Crippen LogP contribution in [0.5, 0.6) is 0 Å². The minimum absolute atomic E-state index is 0.181. The second kappa shape index (κ2) is 8.70. The van der Waals surface area contributed by atoms with Crippen LogP contribution in [-0.4, -0.2) is 25.2 Å². The summed E-state index contributed by atoms with van der Waals surface area (Å²) in [6.45, 7) is 4.16. The Morgan fingerprint density at radius 3 is 2.62 bits per heavy atom. The number of nitrogens with zero attached hydrogens (tertiary/aromatic N) is 2. The van der Waals surface area contributed by atoms with Crippen molar-refractivity contribution >= 4 is 33.9 Å². The molecular formula is C25H25N3O4. The summed E-state index contributed by atoms with van der Waals surface area (Å²) in [7, 11) is 0. The number of rotatable bonds is 7. The average Bonchev–Trinajstić information content (AvgIpc) is 3.17. The maximum absolute atomic E-state index is 13.4. The van der Waals surface area contributed by atoms with Crippen molar-refractivity contribution in [2.75, 3.05) is 0 Å². The Balaban J connectivity index is 1.98. The summed E-state index contributed by atoms with van der Waals surface area (Å²) in [5, 5.41) is 10.5. The molecule has 0 amide bonds. The van der Waals surface area contributed by atoms with Crippen molar-refractivity contribution in [3.05, 3.63) is 86.7 Å². The highest BCUT2D eigenvalue weighted by molar-refractivity contribution is 5.88. The summed E-state index contributed by atoms with van der Waals surface area (Å²) in [6.07, 6.45) is 5.43. The molecule has 0 saturated carbocycles. The average molecular weight is 431 g/mol. The van der Waals surface area contributed by atoms with Crippen LogP contribution in [0.2, 0.25) is 0 Å². The molecule has 164 valence electrons. The molecule has 0 saturated heterocycles. The molecule has 2 aromatic heterocycles. The van der Waals surface area contributed by atoms with Crippen LogP contribution >= 0.6 is 0 Å². The van der Waals surface area contributed by atoms with Crippen molar-refractivity contribution in [1.82, 2.24) is 14.1 Å². The van der Waals surface area contributed by atoms with Gasteiger partial charge >= 0.3 is 11.7 Å². The lowest BCUT2D eigenvalue weighted by Gasteiger charge is -2.15. The molecule has 7 heteroatoms. The van der Waals surface area contributed by atoms with Crippen molar-refractivity contribution in [3.63, 3.8) is 0 Å². The molecule has 0 aliphatic heterocycles. The number of hydrogen-bond donors (Lipinski definition) is 2. The number of allylic oxidation sites excluding steroid dienone is 1. The maximum atomic E-state index is 13.4. The summed E-state index contributed by atoms with van der Waals surface area (Å²) in [4.78, 5) is 41.0. The Kier molecular flexibility index (Phi) is 5.81. The molecule has 0 aliphatic carbocycles. The van der Waals surface area contributed by atoms with Gasteiger partial charge in [-0.1, -0.05) is 56.3 Å². The lowest BCUT2D eigenvalue weighted by molar-refractivity contribution is -0.137. The Morgan fingerprint density at radius 1 is 1.09 bits per heavy atom. The third-order valence-electron chi connectivity index (χ3n) is 5.50. The third kappa shape index (κ3) is 4.01. The number of para-hydroxylation sites is 1. The van der Waals surface area contributed by atoms with Gasteiger partial charge in [0, 0.05) is 23.6 Å². The standard InChI is InChI=1S/C25H25N3O4/c1-16(2)10-11-17-6-5-9-21-23(17)24(31)27(13-12-22(29)30)25(32)28(21)15-18-14-26-20-8-4-3-7-19(18)20/h3-11,14,16,26H,12-13,15H2,1-2H3,(H,29,30). The zero-order chi connectivity index (χ0) is 22.8. The van der Waals surface area contributed by atoms with Gasteiger partial charge in [0.05, 0.1) is 23.9 Å². The molecule has 2 N–H and O–H groups in total. The van der Waals surface area contributed by atoms with Crippen molar-refractivity contribution in [2.24, 2.45) is 5.92 Å². The van der Waals surface area contributed by atoms with E-state index in [9.17, 15) is 14.4 Å². The van der Waals surface area contributed by atoms with E-state index in [1.807, 2.05) is 68.6 Å². The molecule has 0 spiro atoms. The molecule has 0 radical (unpaired) electrons. The van der Waals surface area contributed by atoms with Crippen molar-refractivity contribution in [2.45, 2.75) is 33.4 Å². The molecule has 2 aromatic carbocycles. The second-order valence-electron chi connectivity index (χ2n) is 8.17. The van der Waals surface area contributed by atoms with E-state index in [2.05, 4.69) is 4.98 Å². The zero-order valence-corrected chi connectivity index (χ0v) is 18.0. The summed E-state index contributed by atoms with van der Waals surface area (Å²) in [5.41, 5.74) is 2.13. The SMILES string of the molecule is CC(C)C=Cc1cccc2c1c(=O)n(CCC(=O)O)c(=O)n2Cc1c[nH]c2ccccc12. The number of benzene rings is 2. The van der Waals surface area contributed by atoms with Gasteiger partial charge in [0.2, 0.25) is 0 Å². The molecule has 32 heavy (non-hydrogen) atoms. The normalized spacial score (nSPS) is 11.8. The third-order valence-corrected chi connectivity index (χ3v) is 5.50. The van der Waals surface area contributed by atoms with Gasteiger partial charge in [-0.05, 0) is 29.2 Å². The predicted molar refractivity (Wildman–Crippen MR) is 126 cm³/mol. The number of carboxylic acids is 1. The number of fused-ring (bicyclic) bond motifs is 2. The molecule has 4 rings (SSSR count). The number of aromatic amines is 1. The van der Waals surface area contributed by atoms with E-state index in [4.69, 9.17) is 5.11 Å². The lowest BCUT2D eigenvalue weighted by Crippen LogP contribution is -2.41. The topological polar surface area (TPSA) is 97.1 Å². The summed E-state index contributed by atoms with van der Waals surface area (Å²) < 4.78 is 2.60. The fourth-order valence-electron chi connectivity index (χ4n) is 3.91. The van der Waals surface area contributed by atoms with E-state index in [-0.39, 0.29) is 25.4 Å². The smallest absolute Gasteiger partial charge is 0.331 e. The largest absolute Gasteiger partial charge is 0.481 e. The molecule has 2 heterocycles. The number of aromatic nitrogens is 3. The van der Waals surface area contributed by atoms with E-state index < -0.39 is 17.2 Å². The minimum Gasteiger partial charge on any atom is -0.481 e. The van der Waals surface area contributed by atoms with E-state index in [1.165, 1.54) is 0 Å². The van der Waals surface area contributed by atoms with Crippen LogP contribution in [0.3, 0.4) is 0 Å². The molecular weight excluding hydrogens is 406 g/mol. The molecule has 4 aromatic rings. The maximum Gasteiger partial charge on any atom is 0.331 e. The van der Waals surface area contributed by atoms with Crippen LogP contribution in [0.4, 0.5) is 0 Å². The van der Waals surface area contributed by atoms with E-state index in [1.54, 1.807) is 10.6 Å². The summed E-state index contributed by atoms with van der Waals surface area (Å²) in [5.74, 6) is -0.774. The van der Waals surface area contributed by atoms with Crippen molar-refractivity contribution in [3.8, 4) is 0 Å². The van der Waals surface area contributed by atoms with Crippen LogP contribution in [-0.2, 0) is 17.9 Å². The summed E-state index contributed by atoms with van der Waals surface area (Å²) in [6, 6.07) is 13.2. The van der Waals surface area contributed by atoms with Gasteiger partial charge in [0.1, 0.15) is 0 Å². The molecule has 0 unspecified atom stereocenters.